The summed E-state index contributed by atoms with van der Waals surface area (Å²) in [6.07, 6.45) is 2.25. The number of nitrogens with zero attached hydrogens (tertiary/aromatic N) is 2. The summed E-state index contributed by atoms with van der Waals surface area (Å²) >= 11 is 1.59. The molecule has 0 aliphatic rings. The smallest absolute Gasteiger partial charge is 0.185 e. The molecule has 0 saturated heterocycles. The van der Waals surface area contributed by atoms with Gasteiger partial charge in [-0.15, -0.1) is 0 Å². The molecule has 0 aliphatic heterocycles. The standard InChI is InChI=1S/C11H20N2OS/c1-5-9(6-2)13(4)11-12-8(3)10(7-14)15-11/h9,14H,5-7H2,1-4H3. The molecule has 1 rings (SSSR count). The lowest BCUT2D eigenvalue weighted by Gasteiger charge is -2.25. The lowest BCUT2D eigenvalue weighted by molar-refractivity contribution is 0.284. The van der Waals surface area contributed by atoms with E-state index >= 15 is 0 Å². The van der Waals surface area contributed by atoms with E-state index in [-0.39, 0.29) is 6.61 Å². The van der Waals surface area contributed by atoms with E-state index in [0.29, 0.717) is 6.04 Å². The number of anilines is 1. The molecule has 1 heterocycles. The number of thiazole rings is 1. The van der Waals surface area contributed by atoms with Gasteiger partial charge in [-0.05, 0) is 19.8 Å². The molecule has 0 spiro atoms. The van der Waals surface area contributed by atoms with Gasteiger partial charge in [-0.3, -0.25) is 0 Å². The molecule has 4 heteroatoms. The van der Waals surface area contributed by atoms with Crippen molar-refractivity contribution in [2.45, 2.75) is 46.3 Å². The second-order valence-corrected chi connectivity index (χ2v) is 4.81. The Morgan fingerprint density at radius 3 is 2.40 bits per heavy atom. The second-order valence-electron chi connectivity index (χ2n) is 3.74. The van der Waals surface area contributed by atoms with Gasteiger partial charge in [-0.2, -0.15) is 0 Å². The third kappa shape index (κ3) is 2.69. The van der Waals surface area contributed by atoms with Crippen molar-refractivity contribution in [1.29, 1.82) is 0 Å². The Labute approximate surface area is 95.8 Å². The molecule has 86 valence electrons. The van der Waals surface area contributed by atoms with E-state index in [1.807, 2.05) is 6.92 Å². The molecule has 0 fully saturated rings. The van der Waals surface area contributed by atoms with Gasteiger partial charge in [0, 0.05) is 13.1 Å². The van der Waals surface area contributed by atoms with Crippen molar-refractivity contribution in [2.75, 3.05) is 11.9 Å². The third-order valence-corrected chi connectivity index (χ3v) is 4.05. The highest BCUT2D eigenvalue weighted by Crippen LogP contribution is 2.27. The van der Waals surface area contributed by atoms with E-state index in [1.165, 1.54) is 0 Å². The third-order valence-electron chi connectivity index (χ3n) is 2.82. The van der Waals surface area contributed by atoms with E-state index in [2.05, 4.69) is 30.8 Å². The van der Waals surface area contributed by atoms with Gasteiger partial charge in [0.05, 0.1) is 17.2 Å². The van der Waals surface area contributed by atoms with Crippen LogP contribution in [0.25, 0.3) is 0 Å². The lowest BCUT2D eigenvalue weighted by atomic mass is 10.1. The Hall–Kier alpha value is -0.610. The average molecular weight is 228 g/mol. The van der Waals surface area contributed by atoms with Crippen LogP contribution >= 0.6 is 11.3 Å². The van der Waals surface area contributed by atoms with Gasteiger partial charge in [-0.25, -0.2) is 4.98 Å². The Kier molecular flexibility index (Phi) is 4.54. The van der Waals surface area contributed by atoms with Crippen LogP contribution in [0, 0.1) is 6.92 Å². The van der Waals surface area contributed by atoms with E-state index in [1.54, 1.807) is 11.3 Å². The fraction of sp³-hybridized carbons (Fsp3) is 0.727. The molecule has 0 radical (unpaired) electrons. The average Bonchev–Trinajstić information content (AvgIpc) is 2.61. The first-order chi connectivity index (χ1) is 7.13. The Morgan fingerprint density at radius 2 is 2.00 bits per heavy atom. The van der Waals surface area contributed by atoms with E-state index in [4.69, 9.17) is 5.11 Å². The van der Waals surface area contributed by atoms with Gasteiger partial charge in [-0.1, -0.05) is 25.2 Å². The maximum absolute atomic E-state index is 9.12. The molecule has 1 N–H and O–H groups in total. The van der Waals surface area contributed by atoms with E-state index in [0.717, 1.165) is 28.5 Å². The maximum Gasteiger partial charge on any atom is 0.185 e. The van der Waals surface area contributed by atoms with E-state index in [9.17, 15) is 0 Å². The summed E-state index contributed by atoms with van der Waals surface area (Å²) in [5.74, 6) is 0. The minimum atomic E-state index is 0.0975. The number of hydrogen-bond acceptors (Lipinski definition) is 4. The van der Waals surface area contributed by atoms with Gasteiger partial charge < -0.3 is 10.0 Å². The van der Waals surface area contributed by atoms with Crippen molar-refractivity contribution in [3.8, 4) is 0 Å². The van der Waals surface area contributed by atoms with Gasteiger partial charge in [0.25, 0.3) is 0 Å². The van der Waals surface area contributed by atoms with E-state index < -0.39 is 0 Å². The molecule has 0 unspecified atom stereocenters. The van der Waals surface area contributed by atoms with Gasteiger partial charge in [0.1, 0.15) is 0 Å². The number of hydrogen-bond donors (Lipinski definition) is 1. The number of aryl methyl sites for hydroxylation is 1. The number of aliphatic hydroxyl groups is 1. The van der Waals surface area contributed by atoms with Crippen molar-refractivity contribution in [3.63, 3.8) is 0 Å². The van der Waals surface area contributed by atoms with Crippen LogP contribution in [0.3, 0.4) is 0 Å². The lowest BCUT2D eigenvalue weighted by Crippen LogP contribution is -2.30. The number of rotatable bonds is 5. The highest BCUT2D eigenvalue weighted by molar-refractivity contribution is 7.15. The summed E-state index contributed by atoms with van der Waals surface area (Å²) in [4.78, 5) is 7.68. The fourth-order valence-electron chi connectivity index (χ4n) is 1.70. The molecule has 0 aliphatic carbocycles. The van der Waals surface area contributed by atoms with Crippen LogP contribution in [0.5, 0.6) is 0 Å². The minimum absolute atomic E-state index is 0.0975. The summed E-state index contributed by atoms with van der Waals surface area (Å²) in [6, 6.07) is 0.544. The van der Waals surface area contributed by atoms with Crippen LogP contribution in [0.4, 0.5) is 5.13 Å². The van der Waals surface area contributed by atoms with Crippen LogP contribution < -0.4 is 4.90 Å². The number of aliphatic hydroxyl groups excluding tert-OH is 1. The molecule has 1 aromatic rings. The molecular weight excluding hydrogens is 208 g/mol. The first-order valence-electron chi connectivity index (χ1n) is 5.43. The molecule has 0 aromatic carbocycles. The molecule has 3 nitrogen and oxygen atoms in total. The molecule has 0 saturated carbocycles. The van der Waals surface area contributed by atoms with Gasteiger partial charge in [0.15, 0.2) is 5.13 Å². The first kappa shape index (κ1) is 12.5. The molecule has 1 aromatic heterocycles. The summed E-state index contributed by atoms with van der Waals surface area (Å²) in [5, 5.41) is 10.1. The van der Waals surface area contributed by atoms with Gasteiger partial charge in [0.2, 0.25) is 0 Å². The SMILES string of the molecule is CCC(CC)N(C)c1nc(C)c(CO)s1. The normalized spacial score (nSPS) is 11.1. The van der Waals surface area contributed by atoms with Crippen LogP contribution in [0.1, 0.15) is 37.3 Å². The van der Waals surface area contributed by atoms with Crippen LogP contribution in [-0.4, -0.2) is 23.2 Å². The van der Waals surface area contributed by atoms with Crippen molar-refractivity contribution < 1.29 is 5.11 Å². The number of aromatic nitrogens is 1. The zero-order valence-corrected chi connectivity index (χ0v) is 10.8. The van der Waals surface area contributed by atoms with Crippen molar-refractivity contribution in [2.24, 2.45) is 0 Å². The molecule has 0 bridgehead atoms. The monoisotopic (exact) mass is 228 g/mol. The van der Waals surface area contributed by atoms with Crippen LogP contribution in [0.15, 0.2) is 0 Å². The van der Waals surface area contributed by atoms with Gasteiger partial charge >= 0.3 is 0 Å². The Morgan fingerprint density at radius 1 is 1.40 bits per heavy atom. The second kappa shape index (κ2) is 5.47. The van der Waals surface area contributed by atoms with Crippen molar-refractivity contribution in [1.82, 2.24) is 4.98 Å². The fourth-order valence-corrected chi connectivity index (χ4v) is 2.66. The Bertz CT molecular complexity index is 308. The Balaban J connectivity index is 2.85. The molecular formula is C11H20N2OS. The first-order valence-corrected chi connectivity index (χ1v) is 6.25. The zero-order valence-electron chi connectivity index (χ0n) is 9.95. The molecule has 15 heavy (non-hydrogen) atoms. The summed E-state index contributed by atoms with van der Waals surface area (Å²) < 4.78 is 0. The maximum atomic E-state index is 9.12. The largest absolute Gasteiger partial charge is 0.391 e. The highest BCUT2D eigenvalue weighted by Gasteiger charge is 2.16. The topological polar surface area (TPSA) is 36.4 Å². The molecule has 0 amide bonds. The van der Waals surface area contributed by atoms with Crippen molar-refractivity contribution in [3.05, 3.63) is 10.6 Å². The predicted octanol–water partition coefficient (Wildman–Crippen LogP) is 2.57. The summed E-state index contributed by atoms with van der Waals surface area (Å²) in [5.41, 5.74) is 0.954. The van der Waals surface area contributed by atoms with Crippen molar-refractivity contribution >= 4 is 16.5 Å². The van der Waals surface area contributed by atoms with Crippen LogP contribution in [-0.2, 0) is 6.61 Å². The minimum Gasteiger partial charge on any atom is -0.391 e. The molecule has 0 atom stereocenters. The quantitative estimate of drug-likeness (QED) is 0.841. The predicted molar refractivity (Wildman–Crippen MR) is 65.5 cm³/mol. The summed E-state index contributed by atoms with van der Waals surface area (Å²) in [7, 11) is 2.08. The highest BCUT2D eigenvalue weighted by atomic mass is 32.1. The zero-order chi connectivity index (χ0) is 11.4. The van der Waals surface area contributed by atoms with Crippen LogP contribution in [0.2, 0.25) is 0 Å². The summed E-state index contributed by atoms with van der Waals surface area (Å²) in [6.45, 7) is 6.43.